The zero-order valence-corrected chi connectivity index (χ0v) is 11.9. The highest BCUT2D eigenvalue weighted by Gasteiger charge is 2.17. The first-order valence-electron chi connectivity index (χ1n) is 6.25. The minimum Gasteiger partial charge on any atom is -0.494 e. The van der Waals surface area contributed by atoms with Gasteiger partial charge in [0.15, 0.2) is 0 Å². The molecule has 0 saturated heterocycles. The van der Waals surface area contributed by atoms with Crippen LogP contribution >= 0.6 is 11.6 Å². The molecule has 5 nitrogen and oxygen atoms in total. The molecule has 2 aromatic rings. The van der Waals surface area contributed by atoms with Crippen LogP contribution in [-0.4, -0.2) is 11.6 Å². The van der Waals surface area contributed by atoms with E-state index in [0.717, 1.165) is 16.9 Å². The number of hydrogen-bond donors (Lipinski definition) is 3. The second-order valence-corrected chi connectivity index (χ2v) is 4.67. The van der Waals surface area contributed by atoms with Crippen molar-refractivity contribution in [2.75, 3.05) is 12.3 Å². The van der Waals surface area contributed by atoms with Crippen LogP contribution in [0.1, 0.15) is 24.1 Å². The van der Waals surface area contributed by atoms with Gasteiger partial charge in [0.1, 0.15) is 11.6 Å². The van der Waals surface area contributed by atoms with Gasteiger partial charge < -0.3 is 10.5 Å². The van der Waals surface area contributed by atoms with Gasteiger partial charge in [0.2, 0.25) is 0 Å². The van der Waals surface area contributed by atoms with Gasteiger partial charge in [-0.05, 0) is 30.7 Å². The molecule has 1 aromatic heterocycles. The molecule has 6 heteroatoms. The summed E-state index contributed by atoms with van der Waals surface area (Å²) >= 11 is 5.97. The highest BCUT2D eigenvalue weighted by atomic mass is 35.5. The van der Waals surface area contributed by atoms with E-state index in [4.69, 9.17) is 27.9 Å². The molecule has 1 heterocycles. The number of rotatable bonds is 5. The molecule has 0 radical (unpaired) electrons. The van der Waals surface area contributed by atoms with E-state index in [1.807, 2.05) is 31.2 Å². The Morgan fingerprint density at radius 1 is 1.40 bits per heavy atom. The van der Waals surface area contributed by atoms with Crippen LogP contribution in [-0.2, 0) is 0 Å². The lowest BCUT2D eigenvalue weighted by Gasteiger charge is -2.19. The van der Waals surface area contributed by atoms with Crippen LogP contribution in [0, 0.1) is 0 Å². The van der Waals surface area contributed by atoms with Crippen LogP contribution in [0.15, 0.2) is 36.5 Å². The Kier molecular flexibility index (Phi) is 4.79. The molecule has 2 rings (SSSR count). The summed E-state index contributed by atoms with van der Waals surface area (Å²) in [5, 5.41) is 0.510. The number of hydrazine groups is 1. The van der Waals surface area contributed by atoms with Crippen molar-refractivity contribution in [3.05, 3.63) is 52.7 Å². The molecule has 0 aliphatic rings. The second kappa shape index (κ2) is 6.56. The molecular weight excluding hydrogens is 276 g/mol. The van der Waals surface area contributed by atoms with Crippen LogP contribution in [0.3, 0.4) is 0 Å². The molecule has 0 aliphatic heterocycles. The van der Waals surface area contributed by atoms with Gasteiger partial charge in [-0.15, -0.1) is 0 Å². The Balaban J connectivity index is 2.41. The number of pyridine rings is 1. The summed E-state index contributed by atoms with van der Waals surface area (Å²) in [6.45, 7) is 2.54. The summed E-state index contributed by atoms with van der Waals surface area (Å²) in [4.78, 5) is 4.05. The fraction of sp³-hybridized carbons (Fsp3) is 0.214. The minimum atomic E-state index is -0.304. The lowest BCUT2D eigenvalue weighted by atomic mass is 9.99. The number of ether oxygens (including phenoxy) is 1. The lowest BCUT2D eigenvalue weighted by Crippen LogP contribution is -2.29. The predicted molar refractivity (Wildman–Crippen MR) is 80.4 cm³/mol. The molecule has 1 unspecified atom stereocenters. The van der Waals surface area contributed by atoms with Gasteiger partial charge in [-0.2, -0.15) is 0 Å². The van der Waals surface area contributed by atoms with E-state index in [1.54, 1.807) is 6.07 Å². The van der Waals surface area contributed by atoms with E-state index in [-0.39, 0.29) is 6.04 Å². The normalized spacial score (nSPS) is 12.2. The third-order valence-corrected chi connectivity index (χ3v) is 3.10. The van der Waals surface area contributed by atoms with Crippen molar-refractivity contribution >= 4 is 17.4 Å². The topological polar surface area (TPSA) is 86.2 Å². The van der Waals surface area contributed by atoms with Crippen molar-refractivity contribution in [2.45, 2.75) is 13.0 Å². The fourth-order valence-electron chi connectivity index (χ4n) is 2.01. The summed E-state index contributed by atoms with van der Waals surface area (Å²) in [5.41, 5.74) is 10.3. The molecule has 106 valence electrons. The number of nitrogens with one attached hydrogen (secondary N) is 1. The van der Waals surface area contributed by atoms with Gasteiger partial charge in [0.25, 0.3) is 0 Å². The van der Waals surface area contributed by atoms with Gasteiger partial charge in [-0.3, -0.25) is 5.84 Å². The lowest BCUT2D eigenvalue weighted by molar-refractivity contribution is 0.339. The summed E-state index contributed by atoms with van der Waals surface area (Å²) in [5.74, 6) is 6.83. The number of anilines is 1. The van der Waals surface area contributed by atoms with Crippen LogP contribution in [0.4, 0.5) is 5.82 Å². The van der Waals surface area contributed by atoms with Crippen molar-refractivity contribution in [3.63, 3.8) is 0 Å². The number of nitrogen functional groups attached to an aromatic ring is 1. The number of nitrogens with two attached hydrogens (primary N) is 2. The Labute approximate surface area is 122 Å². The Bertz CT molecular complexity index is 591. The van der Waals surface area contributed by atoms with Crippen molar-refractivity contribution in [1.82, 2.24) is 10.4 Å². The second-order valence-electron chi connectivity index (χ2n) is 4.23. The molecule has 1 atom stereocenters. The van der Waals surface area contributed by atoms with Gasteiger partial charge in [0, 0.05) is 11.8 Å². The smallest absolute Gasteiger partial charge is 0.128 e. The Hall–Kier alpha value is -1.82. The molecule has 5 N–H and O–H groups in total. The SMILES string of the molecule is CCOc1cccc(C(NN)c2cc(Cl)cnc2N)c1. The van der Waals surface area contributed by atoms with Crippen molar-refractivity contribution in [1.29, 1.82) is 0 Å². The number of nitrogens with zero attached hydrogens (tertiary/aromatic N) is 1. The maximum atomic E-state index is 5.97. The average Bonchev–Trinajstić information content (AvgIpc) is 2.44. The molecule has 0 saturated carbocycles. The first-order chi connectivity index (χ1) is 9.65. The molecule has 0 spiro atoms. The molecule has 0 fully saturated rings. The monoisotopic (exact) mass is 292 g/mol. The van der Waals surface area contributed by atoms with Crippen molar-refractivity contribution < 1.29 is 4.74 Å². The summed E-state index contributed by atoms with van der Waals surface area (Å²) in [6.07, 6.45) is 1.50. The predicted octanol–water partition coefficient (Wildman–Crippen LogP) is 2.27. The maximum Gasteiger partial charge on any atom is 0.128 e. The van der Waals surface area contributed by atoms with E-state index in [1.165, 1.54) is 6.20 Å². The molecule has 1 aromatic carbocycles. The van der Waals surface area contributed by atoms with Crippen LogP contribution in [0.25, 0.3) is 0 Å². The fourth-order valence-corrected chi connectivity index (χ4v) is 2.18. The van der Waals surface area contributed by atoms with Gasteiger partial charge in [-0.25, -0.2) is 10.4 Å². The van der Waals surface area contributed by atoms with E-state index < -0.39 is 0 Å². The third-order valence-electron chi connectivity index (χ3n) is 2.90. The van der Waals surface area contributed by atoms with Gasteiger partial charge >= 0.3 is 0 Å². The van der Waals surface area contributed by atoms with Crippen LogP contribution in [0.2, 0.25) is 5.02 Å². The Morgan fingerprint density at radius 3 is 2.90 bits per heavy atom. The van der Waals surface area contributed by atoms with Crippen molar-refractivity contribution in [3.8, 4) is 5.75 Å². The first-order valence-corrected chi connectivity index (χ1v) is 6.63. The summed E-state index contributed by atoms with van der Waals surface area (Å²) in [6, 6.07) is 9.09. The van der Waals surface area contributed by atoms with E-state index in [9.17, 15) is 0 Å². The molecular formula is C14H17ClN4O. The zero-order valence-electron chi connectivity index (χ0n) is 11.1. The molecule has 0 amide bonds. The van der Waals surface area contributed by atoms with Crippen molar-refractivity contribution in [2.24, 2.45) is 5.84 Å². The van der Waals surface area contributed by atoms with Gasteiger partial charge in [0.05, 0.1) is 17.7 Å². The zero-order chi connectivity index (χ0) is 14.5. The highest BCUT2D eigenvalue weighted by Crippen LogP contribution is 2.29. The third kappa shape index (κ3) is 3.19. The largest absolute Gasteiger partial charge is 0.494 e. The maximum absolute atomic E-state index is 5.97. The standard InChI is InChI=1S/C14H17ClN4O/c1-2-20-11-5-3-4-9(6-11)13(19-17)12-7-10(15)8-18-14(12)16/h3-8,13,19H,2,17H2,1H3,(H2,16,18). The molecule has 0 bridgehead atoms. The number of aromatic nitrogens is 1. The summed E-state index contributed by atoms with van der Waals surface area (Å²) < 4.78 is 5.49. The number of halogens is 1. The number of benzene rings is 1. The van der Waals surface area contributed by atoms with E-state index in [2.05, 4.69) is 10.4 Å². The first kappa shape index (κ1) is 14.6. The van der Waals surface area contributed by atoms with E-state index in [0.29, 0.717) is 17.4 Å². The van der Waals surface area contributed by atoms with Crippen LogP contribution in [0.5, 0.6) is 5.75 Å². The molecule has 0 aliphatic carbocycles. The summed E-state index contributed by atoms with van der Waals surface area (Å²) in [7, 11) is 0. The van der Waals surface area contributed by atoms with Gasteiger partial charge in [-0.1, -0.05) is 23.7 Å². The molecule has 20 heavy (non-hydrogen) atoms. The van der Waals surface area contributed by atoms with E-state index >= 15 is 0 Å². The quantitative estimate of drug-likeness (QED) is 0.581. The Morgan fingerprint density at radius 2 is 2.20 bits per heavy atom. The minimum absolute atomic E-state index is 0.304. The highest BCUT2D eigenvalue weighted by molar-refractivity contribution is 6.30. The van der Waals surface area contributed by atoms with Crippen LogP contribution < -0.4 is 21.7 Å². The average molecular weight is 293 g/mol. The number of hydrogen-bond acceptors (Lipinski definition) is 5.